The molecular formula is C16H28N2S. The van der Waals surface area contributed by atoms with Crippen LogP contribution in [-0.4, -0.2) is 11.5 Å². The molecule has 2 rings (SSSR count). The van der Waals surface area contributed by atoms with Crippen molar-refractivity contribution >= 4 is 11.3 Å². The highest BCUT2D eigenvalue weighted by molar-refractivity contribution is 7.09. The molecule has 0 bridgehead atoms. The molecule has 0 saturated heterocycles. The number of aromatic nitrogens is 1. The monoisotopic (exact) mass is 280 g/mol. The van der Waals surface area contributed by atoms with Crippen LogP contribution in [0.1, 0.15) is 76.9 Å². The van der Waals surface area contributed by atoms with Crippen LogP contribution in [0.4, 0.5) is 0 Å². The number of nitrogens with one attached hydrogen (secondary N) is 1. The summed E-state index contributed by atoms with van der Waals surface area (Å²) in [5.74, 6) is 0.526. The summed E-state index contributed by atoms with van der Waals surface area (Å²) in [7, 11) is 0. The summed E-state index contributed by atoms with van der Waals surface area (Å²) in [6.07, 6.45) is 5.01. The molecule has 0 aromatic carbocycles. The summed E-state index contributed by atoms with van der Waals surface area (Å²) in [4.78, 5) is 4.97. The molecule has 19 heavy (non-hydrogen) atoms. The first-order valence-corrected chi connectivity index (χ1v) is 8.52. The second-order valence-electron chi connectivity index (χ2n) is 6.80. The van der Waals surface area contributed by atoms with Crippen molar-refractivity contribution in [3.63, 3.8) is 0 Å². The molecule has 1 N–H and O–H groups in total. The van der Waals surface area contributed by atoms with Crippen LogP contribution in [0.2, 0.25) is 0 Å². The minimum Gasteiger partial charge on any atom is -0.305 e. The average molecular weight is 280 g/mol. The van der Waals surface area contributed by atoms with E-state index in [-0.39, 0.29) is 5.54 Å². The van der Waals surface area contributed by atoms with Gasteiger partial charge in [-0.2, -0.15) is 0 Å². The average Bonchev–Trinajstić information content (AvgIpc) is 2.92. The van der Waals surface area contributed by atoms with Crippen LogP contribution in [0.15, 0.2) is 5.38 Å². The van der Waals surface area contributed by atoms with E-state index in [2.05, 4.69) is 45.3 Å². The zero-order valence-electron chi connectivity index (χ0n) is 13.0. The Kier molecular flexibility index (Phi) is 4.36. The van der Waals surface area contributed by atoms with Crippen molar-refractivity contribution in [1.29, 1.82) is 0 Å². The van der Waals surface area contributed by atoms with Gasteiger partial charge in [-0.1, -0.05) is 41.0 Å². The van der Waals surface area contributed by atoms with Gasteiger partial charge in [0.25, 0.3) is 0 Å². The smallest absolute Gasteiger partial charge is 0.114 e. The maximum absolute atomic E-state index is 4.97. The molecule has 2 nitrogen and oxygen atoms in total. The molecule has 1 saturated carbocycles. The van der Waals surface area contributed by atoms with Crippen molar-refractivity contribution in [3.8, 4) is 0 Å². The van der Waals surface area contributed by atoms with Gasteiger partial charge in [-0.25, -0.2) is 4.98 Å². The third-order valence-electron chi connectivity index (χ3n) is 4.66. The molecular weight excluding hydrogens is 252 g/mol. The predicted molar refractivity (Wildman–Crippen MR) is 83.8 cm³/mol. The highest BCUT2D eigenvalue weighted by Crippen LogP contribution is 2.53. The van der Waals surface area contributed by atoms with Gasteiger partial charge in [0.15, 0.2) is 0 Å². The van der Waals surface area contributed by atoms with Crippen molar-refractivity contribution in [2.24, 2.45) is 5.41 Å². The summed E-state index contributed by atoms with van der Waals surface area (Å²) in [5.41, 5.74) is 1.65. The van der Waals surface area contributed by atoms with Crippen molar-refractivity contribution < 1.29 is 0 Å². The molecule has 1 fully saturated rings. The number of hydrogen-bond acceptors (Lipinski definition) is 3. The van der Waals surface area contributed by atoms with Crippen LogP contribution < -0.4 is 5.32 Å². The zero-order chi connectivity index (χ0) is 14.1. The van der Waals surface area contributed by atoms with Crippen LogP contribution in [0.3, 0.4) is 0 Å². The van der Waals surface area contributed by atoms with Gasteiger partial charge in [-0.15, -0.1) is 11.3 Å². The topological polar surface area (TPSA) is 24.9 Å². The molecule has 0 radical (unpaired) electrons. The molecule has 0 aliphatic heterocycles. The second-order valence-corrected chi connectivity index (χ2v) is 7.66. The first kappa shape index (κ1) is 15.0. The number of rotatable bonds is 5. The fraction of sp³-hybridized carbons (Fsp3) is 0.812. The van der Waals surface area contributed by atoms with E-state index >= 15 is 0 Å². The lowest BCUT2D eigenvalue weighted by Gasteiger charge is -2.41. The Morgan fingerprint density at radius 3 is 2.58 bits per heavy atom. The molecule has 0 spiro atoms. The van der Waals surface area contributed by atoms with E-state index in [4.69, 9.17) is 4.98 Å². The Morgan fingerprint density at radius 1 is 1.37 bits per heavy atom. The zero-order valence-corrected chi connectivity index (χ0v) is 13.9. The maximum atomic E-state index is 4.97. The van der Waals surface area contributed by atoms with Crippen LogP contribution in [0.25, 0.3) is 0 Å². The SMILES string of the molecule is CCCNC1(c2nc(C(C)C)cs2)CCCC1(C)C. The van der Waals surface area contributed by atoms with Gasteiger partial charge in [-0.3, -0.25) is 0 Å². The van der Waals surface area contributed by atoms with Crippen LogP contribution in [-0.2, 0) is 5.54 Å². The third kappa shape index (κ3) is 2.59. The minimum atomic E-state index is 0.0980. The first-order valence-electron chi connectivity index (χ1n) is 7.64. The largest absolute Gasteiger partial charge is 0.305 e. The lowest BCUT2D eigenvalue weighted by molar-refractivity contribution is 0.156. The van der Waals surface area contributed by atoms with Gasteiger partial charge >= 0.3 is 0 Å². The molecule has 1 unspecified atom stereocenters. The van der Waals surface area contributed by atoms with E-state index < -0.39 is 0 Å². The number of thiazole rings is 1. The van der Waals surface area contributed by atoms with E-state index in [1.54, 1.807) is 0 Å². The van der Waals surface area contributed by atoms with Crippen LogP contribution >= 0.6 is 11.3 Å². The lowest BCUT2D eigenvalue weighted by atomic mass is 9.75. The third-order valence-corrected chi connectivity index (χ3v) is 5.69. The van der Waals surface area contributed by atoms with Crippen LogP contribution in [0, 0.1) is 5.41 Å². The highest BCUT2D eigenvalue weighted by atomic mass is 32.1. The van der Waals surface area contributed by atoms with Crippen molar-refractivity contribution in [1.82, 2.24) is 10.3 Å². The summed E-state index contributed by atoms with van der Waals surface area (Å²) in [5, 5.41) is 7.42. The molecule has 0 amide bonds. The molecule has 1 aromatic heterocycles. The van der Waals surface area contributed by atoms with Gasteiger partial charge in [0.1, 0.15) is 5.01 Å². The van der Waals surface area contributed by atoms with Crippen molar-refractivity contribution in [2.45, 2.75) is 71.8 Å². The van der Waals surface area contributed by atoms with E-state index in [0.29, 0.717) is 11.3 Å². The summed E-state index contributed by atoms with van der Waals surface area (Å²) in [6, 6.07) is 0. The van der Waals surface area contributed by atoms with Crippen molar-refractivity contribution in [2.75, 3.05) is 6.54 Å². The quantitative estimate of drug-likeness (QED) is 0.847. The summed E-state index contributed by atoms with van der Waals surface area (Å²) in [6.45, 7) is 12.6. The van der Waals surface area contributed by atoms with Gasteiger partial charge in [-0.05, 0) is 37.1 Å². The standard InChI is InChI=1S/C16H28N2S/c1-6-10-17-16(9-7-8-15(16,4)5)14-18-13(11-19-14)12(2)3/h11-12,17H,6-10H2,1-5H3. The van der Waals surface area contributed by atoms with Crippen LogP contribution in [0.5, 0.6) is 0 Å². The van der Waals surface area contributed by atoms with Gasteiger partial charge < -0.3 is 5.32 Å². The van der Waals surface area contributed by atoms with Crippen molar-refractivity contribution in [3.05, 3.63) is 16.1 Å². The lowest BCUT2D eigenvalue weighted by Crippen LogP contribution is -2.50. The first-order chi connectivity index (χ1) is 8.93. The number of nitrogens with zero attached hydrogens (tertiary/aromatic N) is 1. The fourth-order valence-corrected chi connectivity index (χ4v) is 4.60. The minimum absolute atomic E-state index is 0.0980. The summed E-state index contributed by atoms with van der Waals surface area (Å²) >= 11 is 1.85. The van der Waals surface area contributed by atoms with Gasteiger partial charge in [0, 0.05) is 5.38 Å². The molecule has 1 atom stereocenters. The van der Waals surface area contributed by atoms with E-state index in [0.717, 1.165) is 6.54 Å². The molecule has 3 heteroatoms. The van der Waals surface area contributed by atoms with E-state index in [1.165, 1.54) is 36.4 Å². The fourth-order valence-electron chi connectivity index (χ4n) is 3.23. The Labute approximate surface area is 122 Å². The van der Waals surface area contributed by atoms with E-state index in [9.17, 15) is 0 Å². The Balaban J connectivity index is 2.36. The second kappa shape index (κ2) is 5.53. The van der Waals surface area contributed by atoms with Gasteiger partial charge in [0.05, 0.1) is 11.2 Å². The Morgan fingerprint density at radius 2 is 2.11 bits per heavy atom. The molecule has 1 aliphatic carbocycles. The molecule has 1 heterocycles. The molecule has 1 aliphatic rings. The molecule has 108 valence electrons. The normalized spacial score (nSPS) is 26.2. The van der Waals surface area contributed by atoms with E-state index in [1.807, 2.05) is 11.3 Å². The summed E-state index contributed by atoms with van der Waals surface area (Å²) < 4.78 is 0. The predicted octanol–water partition coefficient (Wildman–Crippen LogP) is 4.67. The Hall–Kier alpha value is -0.410. The maximum Gasteiger partial charge on any atom is 0.114 e. The highest BCUT2D eigenvalue weighted by Gasteiger charge is 2.51. The molecule has 1 aromatic rings. The Bertz CT molecular complexity index is 422. The van der Waals surface area contributed by atoms with Gasteiger partial charge in [0.2, 0.25) is 0 Å². The number of hydrogen-bond donors (Lipinski definition) is 1.